The summed E-state index contributed by atoms with van der Waals surface area (Å²) in [5.74, 6) is -1.18. The predicted octanol–water partition coefficient (Wildman–Crippen LogP) is 1.03. The van der Waals surface area contributed by atoms with E-state index in [1.807, 2.05) is 0 Å². The summed E-state index contributed by atoms with van der Waals surface area (Å²) in [7, 11) is -3.79. The SMILES string of the molecule is CCNS(=O)(=O)c1ccc([N+](=O)[O-])c(F)c1. The summed E-state index contributed by atoms with van der Waals surface area (Å²) < 4.78 is 38.1. The molecule has 0 amide bonds. The molecule has 0 unspecified atom stereocenters. The van der Waals surface area contributed by atoms with Gasteiger partial charge in [-0.2, -0.15) is 4.39 Å². The minimum absolute atomic E-state index is 0.154. The number of sulfonamides is 1. The fourth-order valence-corrected chi connectivity index (χ4v) is 2.13. The Morgan fingerprint density at radius 3 is 2.56 bits per heavy atom. The van der Waals surface area contributed by atoms with Gasteiger partial charge >= 0.3 is 5.69 Å². The number of hydrogen-bond donors (Lipinski definition) is 1. The van der Waals surface area contributed by atoms with Gasteiger partial charge in [0.05, 0.1) is 9.82 Å². The van der Waals surface area contributed by atoms with Gasteiger partial charge in [-0.15, -0.1) is 0 Å². The molecular weight excluding hydrogens is 239 g/mol. The fraction of sp³-hybridized carbons (Fsp3) is 0.250. The fourth-order valence-electron chi connectivity index (χ4n) is 1.08. The van der Waals surface area contributed by atoms with Gasteiger partial charge in [0.1, 0.15) is 0 Å². The lowest BCUT2D eigenvalue weighted by Crippen LogP contribution is -2.23. The highest BCUT2D eigenvalue weighted by atomic mass is 32.2. The van der Waals surface area contributed by atoms with Crippen LogP contribution in [0.5, 0.6) is 0 Å². The highest BCUT2D eigenvalue weighted by Crippen LogP contribution is 2.20. The Labute approximate surface area is 91.3 Å². The minimum atomic E-state index is -3.79. The van der Waals surface area contributed by atoms with Gasteiger partial charge in [0, 0.05) is 18.7 Å². The van der Waals surface area contributed by atoms with Gasteiger partial charge < -0.3 is 0 Å². The van der Waals surface area contributed by atoms with E-state index < -0.39 is 26.5 Å². The Hall–Kier alpha value is -1.54. The zero-order valence-corrected chi connectivity index (χ0v) is 9.12. The van der Waals surface area contributed by atoms with Crippen LogP contribution in [0.25, 0.3) is 0 Å². The molecule has 0 aliphatic carbocycles. The molecular formula is C8H9FN2O4S. The lowest BCUT2D eigenvalue weighted by molar-refractivity contribution is -0.387. The Morgan fingerprint density at radius 2 is 2.12 bits per heavy atom. The maximum absolute atomic E-state index is 13.1. The van der Waals surface area contributed by atoms with E-state index in [0.717, 1.165) is 12.1 Å². The summed E-state index contributed by atoms with van der Waals surface area (Å²) in [5, 5.41) is 10.3. The van der Waals surface area contributed by atoms with E-state index >= 15 is 0 Å². The summed E-state index contributed by atoms with van der Waals surface area (Å²) in [5.41, 5.74) is -0.754. The van der Waals surface area contributed by atoms with E-state index in [1.54, 1.807) is 6.92 Å². The van der Waals surface area contributed by atoms with E-state index in [9.17, 15) is 22.9 Å². The van der Waals surface area contributed by atoms with Gasteiger partial charge in [-0.3, -0.25) is 10.1 Å². The van der Waals surface area contributed by atoms with E-state index in [0.29, 0.717) is 6.07 Å². The van der Waals surface area contributed by atoms with Crippen LogP contribution in [0.15, 0.2) is 23.1 Å². The molecule has 0 aliphatic rings. The minimum Gasteiger partial charge on any atom is -0.258 e. The number of halogens is 1. The number of nitrogens with zero attached hydrogens (tertiary/aromatic N) is 1. The van der Waals surface area contributed by atoms with Crippen molar-refractivity contribution in [1.29, 1.82) is 0 Å². The van der Waals surface area contributed by atoms with E-state index in [-0.39, 0.29) is 11.4 Å². The third kappa shape index (κ3) is 2.52. The maximum Gasteiger partial charge on any atom is 0.304 e. The smallest absolute Gasteiger partial charge is 0.258 e. The molecule has 1 aromatic carbocycles. The van der Waals surface area contributed by atoms with Crippen LogP contribution in [0.3, 0.4) is 0 Å². The lowest BCUT2D eigenvalue weighted by atomic mass is 10.3. The van der Waals surface area contributed by atoms with Crippen molar-refractivity contribution in [2.75, 3.05) is 6.54 Å². The van der Waals surface area contributed by atoms with Gasteiger partial charge in [0.2, 0.25) is 15.8 Å². The zero-order valence-electron chi connectivity index (χ0n) is 8.31. The van der Waals surface area contributed by atoms with E-state index in [2.05, 4.69) is 4.72 Å². The van der Waals surface area contributed by atoms with Crippen LogP contribution in [0, 0.1) is 15.9 Å². The number of rotatable bonds is 4. The predicted molar refractivity (Wildman–Crippen MR) is 53.9 cm³/mol. The number of benzene rings is 1. The largest absolute Gasteiger partial charge is 0.304 e. The molecule has 88 valence electrons. The molecule has 0 saturated carbocycles. The maximum atomic E-state index is 13.1. The number of hydrogen-bond acceptors (Lipinski definition) is 4. The van der Waals surface area contributed by atoms with Gasteiger partial charge in [-0.1, -0.05) is 6.92 Å². The molecule has 0 bridgehead atoms. The molecule has 0 aliphatic heterocycles. The zero-order chi connectivity index (χ0) is 12.3. The molecule has 0 spiro atoms. The third-order valence-electron chi connectivity index (χ3n) is 1.76. The highest BCUT2D eigenvalue weighted by molar-refractivity contribution is 7.89. The van der Waals surface area contributed by atoms with Gasteiger partial charge in [0.15, 0.2) is 0 Å². The molecule has 0 radical (unpaired) electrons. The second-order valence-corrected chi connectivity index (χ2v) is 4.64. The Morgan fingerprint density at radius 1 is 1.50 bits per heavy atom. The van der Waals surface area contributed by atoms with E-state index in [4.69, 9.17) is 0 Å². The van der Waals surface area contributed by atoms with Crippen molar-refractivity contribution < 1.29 is 17.7 Å². The Bertz CT molecular complexity index is 515. The van der Waals surface area contributed by atoms with Crippen LogP contribution in [0.1, 0.15) is 6.92 Å². The summed E-state index contributed by atoms with van der Waals surface area (Å²) >= 11 is 0. The van der Waals surface area contributed by atoms with E-state index in [1.165, 1.54) is 0 Å². The molecule has 0 aromatic heterocycles. The van der Waals surface area contributed by atoms with Crippen molar-refractivity contribution in [1.82, 2.24) is 4.72 Å². The number of nitrogens with one attached hydrogen (secondary N) is 1. The van der Waals surface area contributed by atoms with Crippen LogP contribution in [-0.4, -0.2) is 19.9 Å². The van der Waals surface area contributed by atoms with Crippen LogP contribution >= 0.6 is 0 Å². The molecule has 0 heterocycles. The van der Waals surface area contributed by atoms with Gasteiger partial charge in [-0.25, -0.2) is 13.1 Å². The molecule has 1 aromatic rings. The first kappa shape index (κ1) is 12.5. The molecule has 6 nitrogen and oxygen atoms in total. The quantitative estimate of drug-likeness (QED) is 0.636. The van der Waals surface area contributed by atoms with Crippen molar-refractivity contribution in [2.45, 2.75) is 11.8 Å². The molecule has 8 heteroatoms. The molecule has 0 saturated heterocycles. The first-order valence-corrected chi connectivity index (χ1v) is 5.80. The second kappa shape index (κ2) is 4.54. The van der Waals surface area contributed by atoms with Crippen LogP contribution in [0.4, 0.5) is 10.1 Å². The summed E-state index contributed by atoms with van der Waals surface area (Å²) in [4.78, 5) is 9.06. The monoisotopic (exact) mass is 248 g/mol. The van der Waals surface area contributed by atoms with Crippen molar-refractivity contribution in [3.8, 4) is 0 Å². The van der Waals surface area contributed by atoms with Gasteiger partial charge in [0.25, 0.3) is 0 Å². The molecule has 0 atom stereocenters. The van der Waals surface area contributed by atoms with Crippen molar-refractivity contribution in [2.24, 2.45) is 0 Å². The van der Waals surface area contributed by atoms with Crippen molar-refractivity contribution in [3.05, 3.63) is 34.1 Å². The van der Waals surface area contributed by atoms with Crippen LogP contribution in [-0.2, 0) is 10.0 Å². The first-order valence-electron chi connectivity index (χ1n) is 4.32. The summed E-state index contributed by atoms with van der Waals surface area (Å²) in [6, 6.07) is 2.43. The second-order valence-electron chi connectivity index (χ2n) is 2.87. The summed E-state index contributed by atoms with van der Waals surface area (Å²) in [6.45, 7) is 1.72. The molecule has 16 heavy (non-hydrogen) atoms. The topological polar surface area (TPSA) is 89.3 Å². The first-order chi connectivity index (χ1) is 7.38. The van der Waals surface area contributed by atoms with Crippen molar-refractivity contribution >= 4 is 15.7 Å². The Kier molecular flexibility index (Phi) is 3.55. The molecule has 0 fully saturated rings. The average molecular weight is 248 g/mol. The Balaban J connectivity index is 3.21. The van der Waals surface area contributed by atoms with Crippen molar-refractivity contribution in [3.63, 3.8) is 0 Å². The highest BCUT2D eigenvalue weighted by Gasteiger charge is 2.19. The van der Waals surface area contributed by atoms with Crippen LogP contribution < -0.4 is 4.72 Å². The third-order valence-corrected chi connectivity index (χ3v) is 3.30. The summed E-state index contributed by atoms with van der Waals surface area (Å²) in [6.07, 6.45) is 0. The van der Waals surface area contributed by atoms with Crippen LogP contribution in [0.2, 0.25) is 0 Å². The number of nitro groups is 1. The standard InChI is InChI=1S/C8H9FN2O4S/c1-2-10-16(14,15)6-3-4-8(11(12)13)7(9)5-6/h3-5,10H,2H2,1H3. The normalized spacial score (nSPS) is 11.4. The number of nitro benzene ring substituents is 1. The molecule has 1 N–H and O–H groups in total. The van der Waals surface area contributed by atoms with Gasteiger partial charge in [-0.05, 0) is 6.07 Å². The molecule has 1 rings (SSSR count). The average Bonchev–Trinajstić information content (AvgIpc) is 2.16. The lowest BCUT2D eigenvalue weighted by Gasteiger charge is -2.04.